The maximum Gasteiger partial charge on any atom is 0.405 e. The van der Waals surface area contributed by atoms with Crippen LogP contribution < -0.4 is 20.1 Å². The Balaban J connectivity index is 1.80. The van der Waals surface area contributed by atoms with Crippen LogP contribution >= 0.6 is 0 Å². The largest absolute Gasteiger partial charge is 0.494 e. The van der Waals surface area contributed by atoms with E-state index in [2.05, 4.69) is 10.6 Å². The maximum absolute atomic E-state index is 13.2. The Hall–Kier alpha value is -2.00. The molecule has 0 aliphatic carbocycles. The summed E-state index contributed by atoms with van der Waals surface area (Å²) in [6, 6.07) is 4.97. The smallest absolute Gasteiger partial charge is 0.405 e. The molecule has 1 fully saturated rings. The Bertz CT molecular complexity index is 561. The molecule has 146 valence electrons. The average molecular weight is 375 g/mol. The van der Waals surface area contributed by atoms with E-state index in [-0.39, 0.29) is 6.61 Å². The predicted octanol–water partition coefficient (Wildman–Crippen LogP) is 1.42. The zero-order valence-electron chi connectivity index (χ0n) is 14.6. The highest BCUT2D eigenvalue weighted by Crippen LogP contribution is 2.24. The highest BCUT2D eigenvalue weighted by molar-refractivity contribution is 5.77. The standard InChI is InChI=1S/C17H24F3N3O3/c1-2-25-13-3-5-14(6-4-13)26-12-16(24)22-11-15(17(18,19)20)23-9-7-21-8-10-23/h3-6,15,21H,2,7-12H2,1H3,(H,22,24). The van der Waals surface area contributed by atoms with E-state index in [0.29, 0.717) is 44.3 Å². The van der Waals surface area contributed by atoms with Gasteiger partial charge in [-0.15, -0.1) is 0 Å². The number of halogens is 3. The van der Waals surface area contributed by atoms with Crippen molar-refractivity contribution in [2.75, 3.05) is 45.9 Å². The molecular formula is C17H24F3N3O3. The molecule has 1 aromatic rings. The number of nitrogens with zero attached hydrogens (tertiary/aromatic N) is 1. The molecule has 0 spiro atoms. The van der Waals surface area contributed by atoms with E-state index in [9.17, 15) is 18.0 Å². The van der Waals surface area contributed by atoms with Gasteiger partial charge in [0.05, 0.1) is 6.61 Å². The van der Waals surface area contributed by atoms with E-state index in [1.807, 2.05) is 6.92 Å². The molecule has 1 saturated heterocycles. The lowest BCUT2D eigenvalue weighted by Crippen LogP contribution is -2.57. The van der Waals surface area contributed by atoms with Gasteiger partial charge >= 0.3 is 6.18 Å². The molecule has 2 rings (SSSR count). The summed E-state index contributed by atoms with van der Waals surface area (Å²) < 4.78 is 50.3. The van der Waals surface area contributed by atoms with Crippen LogP contribution in [0.1, 0.15) is 6.92 Å². The normalized spacial score (nSPS) is 16.8. The van der Waals surface area contributed by atoms with Gasteiger partial charge in [-0.2, -0.15) is 13.2 Å². The average Bonchev–Trinajstić information content (AvgIpc) is 2.61. The summed E-state index contributed by atoms with van der Waals surface area (Å²) in [5.41, 5.74) is 0. The van der Waals surface area contributed by atoms with Crippen molar-refractivity contribution in [3.63, 3.8) is 0 Å². The van der Waals surface area contributed by atoms with Crippen LogP contribution in [-0.2, 0) is 4.79 Å². The quantitative estimate of drug-likeness (QED) is 0.720. The third-order valence-corrected chi connectivity index (χ3v) is 3.97. The van der Waals surface area contributed by atoms with Gasteiger partial charge in [-0.3, -0.25) is 9.69 Å². The number of ether oxygens (including phenoxy) is 2. The summed E-state index contributed by atoms with van der Waals surface area (Å²) in [6.07, 6.45) is -4.40. The van der Waals surface area contributed by atoms with Gasteiger partial charge in [-0.1, -0.05) is 0 Å². The van der Waals surface area contributed by atoms with Gasteiger partial charge in [0.1, 0.15) is 17.5 Å². The molecule has 0 aromatic heterocycles. The minimum absolute atomic E-state index is 0.294. The molecule has 9 heteroatoms. The second kappa shape index (κ2) is 9.63. The lowest BCUT2D eigenvalue weighted by atomic mass is 10.2. The first-order chi connectivity index (χ1) is 12.4. The minimum Gasteiger partial charge on any atom is -0.494 e. The Morgan fingerprint density at radius 1 is 1.19 bits per heavy atom. The second-order valence-corrected chi connectivity index (χ2v) is 5.84. The van der Waals surface area contributed by atoms with Crippen molar-refractivity contribution in [1.82, 2.24) is 15.5 Å². The number of alkyl halides is 3. The van der Waals surface area contributed by atoms with Crippen molar-refractivity contribution in [2.24, 2.45) is 0 Å². The maximum atomic E-state index is 13.2. The predicted molar refractivity (Wildman–Crippen MR) is 90.4 cm³/mol. The molecule has 6 nitrogen and oxygen atoms in total. The van der Waals surface area contributed by atoms with Crippen LogP contribution in [-0.4, -0.2) is 69.0 Å². The van der Waals surface area contributed by atoms with E-state index >= 15 is 0 Å². The van der Waals surface area contributed by atoms with Crippen molar-refractivity contribution in [3.8, 4) is 11.5 Å². The molecule has 2 N–H and O–H groups in total. The third kappa shape index (κ3) is 6.38. The van der Waals surface area contributed by atoms with Crippen LogP contribution in [0.5, 0.6) is 11.5 Å². The first-order valence-electron chi connectivity index (χ1n) is 8.54. The molecule has 1 aromatic carbocycles. The number of hydrogen-bond donors (Lipinski definition) is 2. The van der Waals surface area contributed by atoms with Crippen LogP contribution in [0.3, 0.4) is 0 Å². The van der Waals surface area contributed by atoms with E-state index in [1.165, 1.54) is 4.90 Å². The summed E-state index contributed by atoms with van der Waals surface area (Å²) in [5.74, 6) is 0.523. The van der Waals surface area contributed by atoms with Crippen LogP contribution in [0.15, 0.2) is 24.3 Å². The highest BCUT2D eigenvalue weighted by Gasteiger charge is 2.43. The van der Waals surface area contributed by atoms with E-state index in [1.54, 1.807) is 24.3 Å². The third-order valence-electron chi connectivity index (χ3n) is 3.97. The first kappa shape index (κ1) is 20.3. The first-order valence-corrected chi connectivity index (χ1v) is 8.54. The molecule has 0 bridgehead atoms. The second-order valence-electron chi connectivity index (χ2n) is 5.84. The van der Waals surface area contributed by atoms with Gasteiger partial charge < -0.3 is 20.1 Å². The molecule has 1 atom stereocenters. The van der Waals surface area contributed by atoms with Crippen LogP contribution in [0.4, 0.5) is 13.2 Å². The van der Waals surface area contributed by atoms with Crippen molar-refractivity contribution >= 4 is 5.91 Å². The molecule has 1 heterocycles. The summed E-state index contributed by atoms with van der Waals surface area (Å²) in [6.45, 7) is 3.16. The SMILES string of the molecule is CCOc1ccc(OCC(=O)NCC(N2CCNCC2)C(F)(F)F)cc1. The molecule has 1 aliphatic heterocycles. The van der Waals surface area contributed by atoms with Gasteiger partial charge in [0.25, 0.3) is 5.91 Å². The molecular weight excluding hydrogens is 351 g/mol. The summed E-state index contributed by atoms with van der Waals surface area (Å²) in [7, 11) is 0. The molecule has 0 radical (unpaired) electrons. The van der Waals surface area contributed by atoms with Crippen molar-refractivity contribution in [3.05, 3.63) is 24.3 Å². The van der Waals surface area contributed by atoms with E-state index in [0.717, 1.165) is 0 Å². The lowest BCUT2D eigenvalue weighted by Gasteiger charge is -2.35. The summed E-state index contributed by atoms with van der Waals surface area (Å²) in [5, 5.41) is 5.33. The summed E-state index contributed by atoms with van der Waals surface area (Å²) >= 11 is 0. The molecule has 0 saturated carbocycles. The van der Waals surface area contributed by atoms with Crippen LogP contribution in [0, 0.1) is 0 Å². The monoisotopic (exact) mass is 375 g/mol. The fraction of sp³-hybridized carbons (Fsp3) is 0.588. The van der Waals surface area contributed by atoms with E-state index in [4.69, 9.17) is 9.47 Å². The van der Waals surface area contributed by atoms with Gasteiger partial charge in [0, 0.05) is 32.7 Å². The number of rotatable bonds is 8. The number of carbonyl (C=O) groups excluding carboxylic acids is 1. The van der Waals surface area contributed by atoms with E-state index < -0.39 is 24.7 Å². The van der Waals surface area contributed by atoms with Crippen molar-refractivity contribution in [2.45, 2.75) is 19.1 Å². The van der Waals surface area contributed by atoms with Crippen LogP contribution in [0.25, 0.3) is 0 Å². The number of hydrogen-bond acceptors (Lipinski definition) is 5. The fourth-order valence-corrected chi connectivity index (χ4v) is 2.65. The zero-order chi connectivity index (χ0) is 19.0. The van der Waals surface area contributed by atoms with Gasteiger partial charge in [0.15, 0.2) is 6.61 Å². The number of piperazine rings is 1. The fourth-order valence-electron chi connectivity index (χ4n) is 2.65. The molecule has 1 aliphatic rings. The number of amides is 1. The topological polar surface area (TPSA) is 62.8 Å². The Labute approximate surface area is 150 Å². The van der Waals surface area contributed by atoms with Crippen molar-refractivity contribution < 1.29 is 27.4 Å². The van der Waals surface area contributed by atoms with Gasteiger partial charge in [-0.05, 0) is 31.2 Å². The highest BCUT2D eigenvalue weighted by atomic mass is 19.4. The van der Waals surface area contributed by atoms with Gasteiger partial charge in [-0.25, -0.2) is 0 Å². The van der Waals surface area contributed by atoms with Crippen LogP contribution in [0.2, 0.25) is 0 Å². The lowest BCUT2D eigenvalue weighted by molar-refractivity contribution is -0.184. The number of carbonyl (C=O) groups is 1. The molecule has 26 heavy (non-hydrogen) atoms. The Kier molecular flexibility index (Phi) is 7.52. The Morgan fingerprint density at radius 2 is 1.77 bits per heavy atom. The molecule has 1 unspecified atom stereocenters. The molecule has 1 amide bonds. The number of nitrogens with one attached hydrogen (secondary N) is 2. The van der Waals surface area contributed by atoms with Crippen molar-refractivity contribution in [1.29, 1.82) is 0 Å². The zero-order valence-corrected chi connectivity index (χ0v) is 14.6. The minimum atomic E-state index is -4.40. The summed E-state index contributed by atoms with van der Waals surface area (Å²) in [4.78, 5) is 13.2. The number of benzene rings is 1. The Morgan fingerprint density at radius 3 is 2.31 bits per heavy atom. The van der Waals surface area contributed by atoms with Gasteiger partial charge in [0.2, 0.25) is 0 Å².